The highest BCUT2D eigenvalue weighted by Crippen LogP contribution is 2.25. The maximum Gasteiger partial charge on any atom is 0.149 e. The number of piperidine rings is 1. The second kappa shape index (κ2) is 4.86. The van der Waals surface area contributed by atoms with Crippen LogP contribution in [0.5, 0.6) is 0 Å². The summed E-state index contributed by atoms with van der Waals surface area (Å²) in [7, 11) is 0. The van der Waals surface area contributed by atoms with Crippen LogP contribution in [0.4, 0.5) is 4.39 Å². The average Bonchev–Trinajstić information content (AvgIpc) is 2.93. The molecule has 5 heteroatoms. The lowest BCUT2D eigenvalue weighted by molar-refractivity contribution is 0.459. The van der Waals surface area contributed by atoms with E-state index < -0.39 is 0 Å². The Morgan fingerprint density at radius 2 is 2.33 bits per heavy atom. The molecule has 0 spiro atoms. The van der Waals surface area contributed by atoms with Crippen LogP contribution in [0.15, 0.2) is 30.9 Å². The van der Waals surface area contributed by atoms with E-state index >= 15 is 0 Å². The summed E-state index contributed by atoms with van der Waals surface area (Å²) in [5.74, 6) is 0.168. The van der Waals surface area contributed by atoms with Gasteiger partial charge >= 0.3 is 0 Å². The number of hydrogen-bond donors (Lipinski definition) is 1. The lowest BCUT2D eigenvalue weighted by Crippen LogP contribution is -2.28. The van der Waals surface area contributed by atoms with E-state index in [1.807, 2.05) is 6.07 Å². The highest BCUT2D eigenvalue weighted by atomic mass is 19.1. The van der Waals surface area contributed by atoms with E-state index in [0.717, 1.165) is 31.5 Å². The van der Waals surface area contributed by atoms with Gasteiger partial charge < -0.3 is 5.32 Å². The Labute approximate surface area is 105 Å². The molecule has 0 radical (unpaired) electrons. The molecule has 2 heterocycles. The van der Waals surface area contributed by atoms with Crippen LogP contribution in [0.3, 0.4) is 0 Å². The largest absolute Gasteiger partial charge is 0.316 e. The first-order valence-electron chi connectivity index (χ1n) is 6.20. The summed E-state index contributed by atoms with van der Waals surface area (Å²) in [6.45, 7) is 2.00. The van der Waals surface area contributed by atoms with Crippen molar-refractivity contribution in [1.29, 1.82) is 0 Å². The number of hydrogen-bond acceptors (Lipinski definition) is 3. The van der Waals surface area contributed by atoms with Crippen LogP contribution in [0.25, 0.3) is 5.69 Å². The van der Waals surface area contributed by atoms with Crippen LogP contribution >= 0.6 is 0 Å². The van der Waals surface area contributed by atoms with Crippen molar-refractivity contribution in [3.05, 3.63) is 42.2 Å². The zero-order chi connectivity index (χ0) is 12.4. The second-order valence-corrected chi connectivity index (χ2v) is 4.59. The van der Waals surface area contributed by atoms with Crippen molar-refractivity contribution < 1.29 is 4.39 Å². The lowest BCUT2D eigenvalue weighted by Gasteiger charge is -2.23. The van der Waals surface area contributed by atoms with E-state index in [0.29, 0.717) is 11.6 Å². The topological polar surface area (TPSA) is 42.7 Å². The highest BCUT2D eigenvalue weighted by molar-refractivity contribution is 5.36. The van der Waals surface area contributed by atoms with Crippen molar-refractivity contribution in [2.75, 3.05) is 13.1 Å². The zero-order valence-corrected chi connectivity index (χ0v) is 10.0. The molecule has 1 aliphatic rings. The number of nitrogens with one attached hydrogen (secondary N) is 1. The quantitative estimate of drug-likeness (QED) is 0.879. The molecular formula is C13H15FN4. The minimum Gasteiger partial charge on any atom is -0.316 e. The second-order valence-electron chi connectivity index (χ2n) is 4.59. The minimum absolute atomic E-state index is 0.247. The average molecular weight is 246 g/mol. The Morgan fingerprint density at radius 1 is 1.39 bits per heavy atom. The van der Waals surface area contributed by atoms with Crippen molar-refractivity contribution in [2.45, 2.75) is 18.8 Å². The first kappa shape index (κ1) is 11.3. The molecule has 1 aromatic carbocycles. The van der Waals surface area contributed by atoms with Gasteiger partial charge in [-0.05, 0) is 43.0 Å². The van der Waals surface area contributed by atoms with Crippen LogP contribution in [-0.2, 0) is 0 Å². The van der Waals surface area contributed by atoms with E-state index in [4.69, 9.17) is 0 Å². The van der Waals surface area contributed by atoms with Gasteiger partial charge in [-0.15, -0.1) is 0 Å². The molecule has 3 rings (SSSR count). The Balaban J connectivity index is 1.89. The number of halogens is 1. The maximum atomic E-state index is 14.1. The summed E-state index contributed by atoms with van der Waals surface area (Å²) in [5.41, 5.74) is 1.50. The van der Waals surface area contributed by atoms with Gasteiger partial charge in [-0.2, -0.15) is 5.10 Å². The van der Waals surface area contributed by atoms with Gasteiger partial charge in [-0.3, -0.25) is 0 Å². The third kappa shape index (κ3) is 2.13. The number of aromatic nitrogens is 3. The van der Waals surface area contributed by atoms with Gasteiger partial charge in [0.15, 0.2) is 0 Å². The molecule has 0 saturated carbocycles. The molecular weight excluding hydrogens is 231 g/mol. The van der Waals surface area contributed by atoms with Crippen LogP contribution in [-0.4, -0.2) is 27.9 Å². The predicted molar refractivity (Wildman–Crippen MR) is 66.2 cm³/mol. The van der Waals surface area contributed by atoms with Crippen LogP contribution < -0.4 is 5.32 Å². The minimum atomic E-state index is -0.247. The van der Waals surface area contributed by atoms with Gasteiger partial charge in [-0.1, -0.05) is 6.07 Å². The molecule has 1 saturated heterocycles. The zero-order valence-electron chi connectivity index (χ0n) is 10.0. The van der Waals surface area contributed by atoms with E-state index in [1.54, 1.807) is 12.1 Å². The fourth-order valence-electron chi connectivity index (χ4n) is 2.43. The number of nitrogens with zero attached hydrogens (tertiary/aromatic N) is 3. The lowest BCUT2D eigenvalue weighted by atomic mass is 9.91. The van der Waals surface area contributed by atoms with Gasteiger partial charge in [0.25, 0.3) is 0 Å². The molecule has 18 heavy (non-hydrogen) atoms. The molecule has 94 valence electrons. The maximum absolute atomic E-state index is 14.1. The SMILES string of the molecule is Fc1cc(C2CCCNC2)ccc1-n1cncn1. The molecule has 4 nitrogen and oxygen atoms in total. The monoisotopic (exact) mass is 246 g/mol. The molecule has 1 aliphatic heterocycles. The summed E-state index contributed by atoms with van der Waals surface area (Å²) in [6, 6.07) is 5.38. The molecule has 1 N–H and O–H groups in total. The Bertz CT molecular complexity index is 518. The summed E-state index contributed by atoms with van der Waals surface area (Å²) < 4.78 is 15.5. The summed E-state index contributed by atoms with van der Waals surface area (Å²) in [6.07, 6.45) is 5.17. The number of benzene rings is 1. The summed E-state index contributed by atoms with van der Waals surface area (Å²) >= 11 is 0. The Hall–Kier alpha value is -1.75. The van der Waals surface area contributed by atoms with Crippen molar-refractivity contribution in [1.82, 2.24) is 20.1 Å². The Morgan fingerprint density at radius 3 is 3.00 bits per heavy atom. The van der Waals surface area contributed by atoms with Gasteiger partial charge in [0.05, 0.1) is 0 Å². The molecule has 1 atom stereocenters. The smallest absolute Gasteiger partial charge is 0.149 e. The number of rotatable bonds is 2. The van der Waals surface area contributed by atoms with Crippen molar-refractivity contribution in [2.24, 2.45) is 0 Å². The summed E-state index contributed by atoms with van der Waals surface area (Å²) in [4.78, 5) is 3.83. The third-order valence-electron chi connectivity index (χ3n) is 3.41. The molecule has 0 bridgehead atoms. The van der Waals surface area contributed by atoms with E-state index in [9.17, 15) is 4.39 Å². The first-order chi connectivity index (χ1) is 8.84. The molecule has 1 fully saturated rings. The highest BCUT2D eigenvalue weighted by Gasteiger charge is 2.17. The van der Waals surface area contributed by atoms with E-state index in [-0.39, 0.29) is 5.82 Å². The van der Waals surface area contributed by atoms with E-state index in [2.05, 4.69) is 15.4 Å². The first-order valence-corrected chi connectivity index (χ1v) is 6.20. The fraction of sp³-hybridized carbons (Fsp3) is 0.385. The molecule has 1 aromatic heterocycles. The standard InChI is InChI=1S/C13H15FN4/c14-12-6-10(11-2-1-5-15-7-11)3-4-13(12)18-9-16-8-17-18/h3-4,6,8-9,11,15H,1-2,5,7H2. The molecule has 1 unspecified atom stereocenters. The normalized spacial score (nSPS) is 19.9. The van der Waals surface area contributed by atoms with Crippen LogP contribution in [0.1, 0.15) is 24.3 Å². The van der Waals surface area contributed by atoms with Crippen molar-refractivity contribution >= 4 is 0 Å². The molecule has 0 amide bonds. The van der Waals surface area contributed by atoms with Gasteiger partial charge in [0, 0.05) is 6.54 Å². The predicted octanol–water partition coefficient (Wildman–Crippen LogP) is 1.87. The fourth-order valence-corrected chi connectivity index (χ4v) is 2.43. The third-order valence-corrected chi connectivity index (χ3v) is 3.41. The van der Waals surface area contributed by atoms with Gasteiger partial charge in [0.2, 0.25) is 0 Å². The van der Waals surface area contributed by atoms with Crippen molar-refractivity contribution in [3.8, 4) is 5.69 Å². The molecule has 2 aromatic rings. The Kier molecular flexibility index (Phi) is 3.06. The summed E-state index contributed by atoms with van der Waals surface area (Å²) in [5, 5.41) is 7.29. The van der Waals surface area contributed by atoms with Crippen LogP contribution in [0.2, 0.25) is 0 Å². The van der Waals surface area contributed by atoms with Crippen molar-refractivity contribution in [3.63, 3.8) is 0 Å². The van der Waals surface area contributed by atoms with Gasteiger partial charge in [-0.25, -0.2) is 14.1 Å². The van der Waals surface area contributed by atoms with Crippen LogP contribution in [0, 0.1) is 5.82 Å². The van der Waals surface area contributed by atoms with E-state index in [1.165, 1.54) is 17.3 Å². The molecule has 0 aliphatic carbocycles. The van der Waals surface area contributed by atoms with Gasteiger partial charge in [0.1, 0.15) is 24.2 Å².